The molecule has 0 unspecified atom stereocenters. The van der Waals surface area contributed by atoms with Gasteiger partial charge in [0.05, 0.1) is 0 Å². The Bertz CT molecular complexity index is 642. The van der Waals surface area contributed by atoms with Crippen LogP contribution in [0, 0.1) is 0 Å². The first-order chi connectivity index (χ1) is 9.47. The van der Waals surface area contributed by atoms with Gasteiger partial charge in [-0.15, -0.1) is 0 Å². The van der Waals surface area contributed by atoms with Gasteiger partial charge in [0.1, 0.15) is 17.3 Å². The summed E-state index contributed by atoms with van der Waals surface area (Å²) in [5.74, 6) is -0.388. The number of carbonyl (C=O) groups excluding carboxylic acids is 2. The normalized spacial score (nSPS) is 17.1. The number of amidine groups is 1. The molecule has 2 rings (SSSR count). The van der Waals surface area contributed by atoms with Gasteiger partial charge in [0, 0.05) is 13.1 Å². The minimum atomic E-state index is -0.607. The molecule has 0 saturated carbocycles. The largest absolute Gasteiger partial charge is 0.508 e. The second-order valence-corrected chi connectivity index (χ2v) is 4.19. The Hall–Kier alpha value is -2.89. The van der Waals surface area contributed by atoms with Crippen LogP contribution >= 0.6 is 0 Å². The van der Waals surface area contributed by atoms with Crippen molar-refractivity contribution in [1.29, 1.82) is 0 Å². The van der Waals surface area contributed by atoms with Gasteiger partial charge in [-0.2, -0.15) is 0 Å². The lowest BCUT2D eigenvalue weighted by atomic mass is 10.2. The zero-order valence-corrected chi connectivity index (χ0v) is 10.8. The molecule has 3 N–H and O–H groups in total. The molecule has 0 aliphatic carbocycles. The molecule has 0 saturated heterocycles. The quantitative estimate of drug-likeness (QED) is 0.790. The molecule has 6 heteroatoms. The summed E-state index contributed by atoms with van der Waals surface area (Å²) in [6.45, 7) is 0. The van der Waals surface area contributed by atoms with Gasteiger partial charge >= 0.3 is 0 Å². The number of aromatic hydroxyl groups is 1. The zero-order chi connectivity index (χ0) is 14.7. The first-order valence-corrected chi connectivity index (χ1v) is 5.82. The van der Waals surface area contributed by atoms with Gasteiger partial charge < -0.3 is 10.8 Å². The van der Waals surface area contributed by atoms with Crippen molar-refractivity contribution in [3.63, 3.8) is 0 Å². The highest BCUT2D eigenvalue weighted by Crippen LogP contribution is 2.19. The molecule has 0 fully saturated rings. The molecule has 0 spiro atoms. The number of nitrogens with zero attached hydrogens (tertiary/aromatic N) is 2. The van der Waals surface area contributed by atoms with Gasteiger partial charge in [-0.05, 0) is 29.8 Å². The Morgan fingerprint density at radius 3 is 2.60 bits per heavy atom. The topological polar surface area (TPSA) is 96.0 Å². The predicted molar refractivity (Wildman–Crippen MR) is 74.6 cm³/mol. The summed E-state index contributed by atoms with van der Waals surface area (Å²) in [6.07, 6.45) is 4.13. The average Bonchev–Trinajstić information content (AvgIpc) is 2.67. The number of primary amides is 1. The van der Waals surface area contributed by atoms with Crippen molar-refractivity contribution in [2.45, 2.75) is 0 Å². The third-order valence-electron chi connectivity index (χ3n) is 2.70. The summed E-state index contributed by atoms with van der Waals surface area (Å²) in [5, 5.41) is 9.20. The number of phenols is 1. The molecule has 1 aromatic carbocycles. The molecule has 0 aromatic heterocycles. The Kier molecular flexibility index (Phi) is 3.65. The van der Waals surface area contributed by atoms with Gasteiger partial charge in [-0.25, -0.2) is 4.99 Å². The van der Waals surface area contributed by atoms with Crippen LogP contribution in [0.1, 0.15) is 5.56 Å². The zero-order valence-electron chi connectivity index (χ0n) is 10.8. The number of carbonyl (C=O) groups is 2. The standard InChI is InChI=1S/C14H13N3O3/c1-17-13(7-6-12(15)19)16-11(14(17)20)8-9-2-4-10(18)5-3-9/h2-8,18H,1H3,(H2,15,19)/b7-6+,11-8+. The number of likely N-dealkylation sites (N-methyl/N-ethyl adjacent to an activating group) is 1. The molecule has 2 amide bonds. The molecule has 1 heterocycles. The van der Waals surface area contributed by atoms with E-state index in [-0.39, 0.29) is 17.4 Å². The number of benzene rings is 1. The Morgan fingerprint density at radius 1 is 1.35 bits per heavy atom. The number of amides is 2. The fraction of sp³-hybridized carbons (Fsp3) is 0.0714. The van der Waals surface area contributed by atoms with E-state index in [0.29, 0.717) is 5.84 Å². The average molecular weight is 271 g/mol. The van der Waals surface area contributed by atoms with Crippen LogP contribution in [0.25, 0.3) is 6.08 Å². The van der Waals surface area contributed by atoms with Crippen molar-refractivity contribution in [2.24, 2.45) is 10.7 Å². The highest BCUT2D eigenvalue weighted by atomic mass is 16.3. The van der Waals surface area contributed by atoms with Gasteiger partial charge in [0.25, 0.3) is 5.91 Å². The molecular weight excluding hydrogens is 258 g/mol. The monoisotopic (exact) mass is 271 g/mol. The summed E-state index contributed by atoms with van der Waals surface area (Å²) in [5.41, 5.74) is 5.99. The fourth-order valence-corrected chi connectivity index (χ4v) is 1.65. The SMILES string of the molecule is CN1C(=O)/C(=C\c2ccc(O)cc2)N=C1/C=C/C(N)=O. The number of aliphatic imine (C=N–C) groups is 1. The van der Waals surface area contributed by atoms with E-state index < -0.39 is 5.91 Å². The molecule has 0 radical (unpaired) electrons. The second-order valence-electron chi connectivity index (χ2n) is 4.19. The van der Waals surface area contributed by atoms with Crippen molar-refractivity contribution in [3.8, 4) is 5.75 Å². The Labute approximate surface area is 115 Å². The Balaban J connectivity index is 2.30. The molecule has 0 atom stereocenters. The van der Waals surface area contributed by atoms with E-state index in [4.69, 9.17) is 5.73 Å². The van der Waals surface area contributed by atoms with E-state index in [9.17, 15) is 14.7 Å². The van der Waals surface area contributed by atoms with Crippen LogP contribution in [-0.2, 0) is 9.59 Å². The molecule has 20 heavy (non-hydrogen) atoms. The highest BCUT2D eigenvalue weighted by Gasteiger charge is 2.25. The van der Waals surface area contributed by atoms with Gasteiger partial charge in [0.15, 0.2) is 0 Å². The van der Waals surface area contributed by atoms with Crippen LogP contribution in [0.2, 0.25) is 0 Å². The lowest BCUT2D eigenvalue weighted by molar-refractivity contribution is -0.121. The molecule has 0 bridgehead atoms. The highest BCUT2D eigenvalue weighted by molar-refractivity contribution is 6.18. The second kappa shape index (κ2) is 5.40. The van der Waals surface area contributed by atoms with Gasteiger partial charge in [0.2, 0.25) is 5.91 Å². The Morgan fingerprint density at radius 2 is 2.00 bits per heavy atom. The van der Waals surface area contributed by atoms with Crippen molar-refractivity contribution in [1.82, 2.24) is 4.90 Å². The molecule has 1 aromatic rings. The maximum absolute atomic E-state index is 12.0. The fourth-order valence-electron chi connectivity index (χ4n) is 1.65. The minimum absolute atomic E-state index is 0.149. The smallest absolute Gasteiger partial charge is 0.277 e. The van der Waals surface area contributed by atoms with E-state index >= 15 is 0 Å². The summed E-state index contributed by atoms with van der Waals surface area (Å²) >= 11 is 0. The molecule has 1 aliphatic rings. The van der Waals surface area contributed by atoms with E-state index in [1.165, 1.54) is 23.1 Å². The van der Waals surface area contributed by atoms with Crippen molar-refractivity contribution in [2.75, 3.05) is 7.05 Å². The molecular formula is C14H13N3O3. The summed E-state index contributed by atoms with van der Waals surface area (Å²) in [6, 6.07) is 6.38. The van der Waals surface area contributed by atoms with Crippen LogP contribution in [-0.4, -0.2) is 34.7 Å². The number of nitrogens with two attached hydrogens (primary N) is 1. The summed E-state index contributed by atoms with van der Waals surface area (Å²) in [4.78, 5) is 28.1. The van der Waals surface area contributed by atoms with Crippen molar-refractivity contribution < 1.29 is 14.7 Å². The van der Waals surface area contributed by atoms with Crippen LogP contribution in [0.15, 0.2) is 47.1 Å². The molecule has 1 aliphatic heterocycles. The van der Waals surface area contributed by atoms with Crippen LogP contribution in [0.5, 0.6) is 5.75 Å². The third kappa shape index (κ3) is 2.92. The van der Waals surface area contributed by atoms with E-state index in [2.05, 4.69) is 4.99 Å². The number of hydrogen-bond acceptors (Lipinski definition) is 4. The number of hydrogen-bond donors (Lipinski definition) is 2. The first kappa shape index (κ1) is 13.5. The van der Waals surface area contributed by atoms with Crippen LogP contribution in [0.4, 0.5) is 0 Å². The number of rotatable bonds is 3. The molecule has 6 nitrogen and oxygen atoms in total. The maximum atomic E-state index is 12.0. The van der Waals surface area contributed by atoms with Crippen LogP contribution < -0.4 is 5.73 Å². The lowest BCUT2D eigenvalue weighted by Gasteiger charge is -2.07. The van der Waals surface area contributed by atoms with Crippen LogP contribution in [0.3, 0.4) is 0 Å². The van der Waals surface area contributed by atoms with E-state index in [1.54, 1.807) is 25.3 Å². The minimum Gasteiger partial charge on any atom is -0.508 e. The van der Waals surface area contributed by atoms with Crippen molar-refractivity contribution in [3.05, 3.63) is 47.7 Å². The number of phenolic OH excluding ortho intramolecular Hbond substituents is 1. The van der Waals surface area contributed by atoms with Gasteiger partial charge in [-0.1, -0.05) is 12.1 Å². The molecule has 102 valence electrons. The maximum Gasteiger partial charge on any atom is 0.277 e. The predicted octanol–water partition coefficient (Wildman–Crippen LogP) is 0.645. The summed E-state index contributed by atoms with van der Waals surface area (Å²) in [7, 11) is 1.56. The first-order valence-electron chi connectivity index (χ1n) is 5.82. The van der Waals surface area contributed by atoms with E-state index in [0.717, 1.165) is 11.6 Å². The van der Waals surface area contributed by atoms with E-state index in [1.807, 2.05) is 0 Å². The van der Waals surface area contributed by atoms with Crippen molar-refractivity contribution >= 4 is 23.7 Å². The summed E-state index contributed by atoms with van der Waals surface area (Å²) < 4.78 is 0. The van der Waals surface area contributed by atoms with Gasteiger partial charge in [-0.3, -0.25) is 14.5 Å². The lowest BCUT2D eigenvalue weighted by Crippen LogP contribution is -2.26. The third-order valence-corrected chi connectivity index (χ3v) is 2.70.